The van der Waals surface area contributed by atoms with Crippen LogP contribution in [0.25, 0.3) is 0 Å². The minimum Gasteiger partial charge on any atom is -0.375 e. The van der Waals surface area contributed by atoms with Gasteiger partial charge in [0.05, 0.1) is 12.2 Å². The molecule has 124 valence electrons. The summed E-state index contributed by atoms with van der Waals surface area (Å²) in [5, 5.41) is 7.83. The first-order valence-corrected chi connectivity index (χ1v) is 7.94. The van der Waals surface area contributed by atoms with Crippen molar-refractivity contribution in [1.29, 1.82) is 0 Å². The largest absolute Gasteiger partial charge is 0.375 e. The first kappa shape index (κ1) is 17.5. The van der Waals surface area contributed by atoms with Crippen LogP contribution in [0.1, 0.15) is 30.6 Å². The molecule has 0 saturated heterocycles. The molecular formula is C17H22ClN3O2. The average molecular weight is 336 g/mol. The quantitative estimate of drug-likeness (QED) is 0.845. The van der Waals surface area contributed by atoms with E-state index < -0.39 is 0 Å². The number of hydrogen-bond donors (Lipinski definition) is 1. The molecule has 0 radical (unpaired) electrons. The summed E-state index contributed by atoms with van der Waals surface area (Å²) in [5.74, 6) is -0.0262. The highest BCUT2D eigenvalue weighted by Crippen LogP contribution is 2.22. The lowest BCUT2D eigenvalue weighted by atomic mass is 10.0. The van der Waals surface area contributed by atoms with Gasteiger partial charge in [0, 0.05) is 31.3 Å². The van der Waals surface area contributed by atoms with Crippen molar-refractivity contribution < 1.29 is 9.53 Å². The van der Waals surface area contributed by atoms with E-state index in [-0.39, 0.29) is 18.1 Å². The Morgan fingerprint density at radius 3 is 2.65 bits per heavy atom. The van der Waals surface area contributed by atoms with Gasteiger partial charge in [-0.2, -0.15) is 5.10 Å². The van der Waals surface area contributed by atoms with Crippen LogP contribution in [0, 0.1) is 6.92 Å². The molecule has 5 nitrogen and oxygen atoms in total. The van der Waals surface area contributed by atoms with Gasteiger partial charge >= 0.3 is 0 Å². The van der Waals surface area contributed by atoms with Gasteiger partial charge in [-0.25, -0.2) is 0 Å². The molecule has 1 heterocycles. The molecule has 0 fully saturated rings. The molecule has 0 saturated carbocycles. The van der Waals surface area contributed by atoms with E-state index in [1.807, 2.05) is 44.3 Å². The Morgan fingerprint density at radius 2 is 2.09 bits per heavy atom. The summed E-state index contributed by atoms with van der Waals surface area (Å²) in [5.41, 5.74) is 2.06. The minimum atomic E-state index is -0.219. The Bertz CT molecular complexity index is 640. The molecule has 1 aromatic heterocycles. The number of hydrogen-bond acceptors (Lipinski definition) is 3. The molecule has 1 N–H and O–H groups in total. The van der Waals surface area contributed by atoms with Crippen molar-refractivity contribution >= 4 is 17.5 Å². The standard InChI is InChI=1S/C17H22ClN3O2/c1-12-10-19-21(11-12)9-8-16(22)20-13(2)17(23-3)14-4-6-15(18)7-5-14/h4-7,10-11,13,17H,8-9H2,1-3H3,(H,20,22)/t13-,17+/m1/s1. The monoisotopic (exact) mass is 335 g/mol. The fraction of sp³-hybridized carbons (Fsp3) is 0.412. The van der Waals surface area contributed by atoms with E-state index in [9.17, 15) is 4.79 Å². The van der Waals surface area contributed by atoms with Crippen molar-refractivity contribution in [2.45, 2.75) is 39.0 Å². The molecule has 0 aliphatic rings. The van der Waals surface area contributed by atoms with E-state index in [4.69, 9.17) is 16.3 Å². The van der Waals surface area contributed by atoms with Gasteiger partial charge in [-0.15, -0.1) is 0 Å². The van der Waals surface area contributed by atoms with E-state index in [2.05, 4.69) is 10.4 Å². The molecule has 0 aliphatic heterocycles. The molecule has 0 bridgehead atoms. The number of carbonyl (C=O) groups is 1. The number of nitrogens with zero attached hydrogens (tertiary/aromatic N) is 2. The molecule has 2 atom stereocenters. The summed E-state index contributed by atoms with van der Waals surface area (Å²) >= 11 is 5.91. The predicted molar refractivity (Wildman–Crippen MR) is 90.4 cm³/mol. The number of carbonyl (C=O) groups excluding carboxylic acids is 1. The first-order valence-electron chi connectivity index (χ1n) is 7.56. The van der Waals surface area contributed by atoms with Gasteiger partial charge in [0.25, 0.3) is 0 Å². The van der Waals surface area contributed by atoms with Crippen molar-refractivity contribution in [3.05, 3.63) is 52.8 Å². The lowest BCUT2D eigenvalue weighted by molar-refractivity contribution is -0.123. The van der Waals surface area contributed by atoms with Crippen LogP contribution in [-0.2, 0) is 16.1 Å². The fourth-order valence-electron chi connectivity index (χ4n) is 2.49. The van der Waals surface area contributed by atoms with Gasteiger partial charge in [-0.1, -0.05) is 23.7 Å². The highest BCUT2D eigenvalue weighted by molar-refractivity contribution is 6.30. The number of benzene rings is 1. The fourth-order valence-corrected chi connectivity index (χ4v) is 2.61. The van der Waals surface area contributed by atoms with E-state index in [1.165, 1.54) is 0 Å². The summed E-state index contributed by atoms with van der Waals surface area (Å²) in [6.45, 7) is 4.46. The average Bonchev–Trinajstić information content (AvgIpc) is 2.93. The maximum Gasteiger partial charge on any atom is 0.222 e. The van der Waals surface area contributed by atoms with Crippen molar-refractivity contribution in [2.24, 2.45) is 0 Å². The molecule has 1 aromatic carbocycles. The highest BCUT2D eigenvalue weighted by Gasteiger charge is 2.20. The zero-order valence-corrected chi connectivity index (χ0v) is 14.4. The lowest BCUT2D eigenvalue weighted by Gasteiger charge is -2.24. The van der Waals surface area contributed by atoms with E-state index >= 15 is 0 Å². The minimum absolute atomic E-state index is 0.0262. The first-order chi connectivity index (χ1) is 11.0. The van der Waals surface area contributed by atoms with Crippen LogP contribution < -0.4 is 5.32 Å². The van der Waals surface area contributed by atoms with Crippen LogP contribution in [-0.4, -0.2) is 28.8 Å². The zero-order chi connectivity index (χ0) is 16.8. The van der Waals surface area contributed by atoms with Crippen molar-refractivity contribution in [3.63, 3.8) is 0 Å². The number of methoxy groups -OCH3 is 1. The van der Waals surface area contributed by atoms with Crippen LogP contribution in [0.3, 0.4) is 0 Å². The van der Waals surface area contributed by atoms with Crippen LogP contribution in [0.4, 0.5) is 0 Å². The highest BCUT2D eigenvalue weighted by atomic mass is 35.5. The smallest absolute Gasteiger partial charge is 0.222 e. The predicted octanol–water partition coefficient (Wildman–Crippen LogP) is 3.13. The Labute approximate surface area is 141 Å². The van der Waals surface area contributed by atoms with Crippen molar-refractivity contribution in [1.82, 2.24) is 15.1 Å². The Kier molecular flexibility index (Phi) is 6.19. The summed E-state index contributed by atoms with van der Waals surface area (Å²) in [6.07, 6.45) is 3.86. The van der Waals surface area contributed by atoms with Gasteiger partial charge in [-0.05, 0) is 37.1 Å². The molecule has 0 aliphatic carbocycles. The summed E-state index contributed by atoms with van der Waals surface area (Å²) in [7, 11) is 1.63. The number of amides is 1. The molecular weight excluding hydrogens is 314 g/mol. The third kappa shape index (κ3) is 5.08. The molecule has 0 unspecified atom stereocenters. The second kappa shape index (κ2) is 8.13. The molecule has 2 aromatic rings. The lowest BCUT2D eigenvalue weighted by Crippen LogP contribution is -2.38. The van der Waals surface area contributed by atoms with Gasteiger partial charge in [0.2, 0.25) is 5.91 Å². The Balaban J connectivity index is 1.89. The molecule has 0 spiro atoms. The number of nitrogens with one attached hydrogen (secondary N) is 1. The molecule has 2 rings (SSSR count). The van der Waals surface area contributed by atoms with Gasteiger partial charge in [-0.3, -0.25) is 9.48 Å². The van der Waals surface area contributed by atoms with Crippen LogP contribution in [0.5, 0.6) is 0 Å². The van der Waals surface area contributed by atoms with Gasteiger partial charge in [0.1, 0.15) is 6.10 Å². The summed E-state index contributed by atoms with van der Waals surface area (Å²) < 4.78 is 7.30. The number of aryl methyl sites for hydroxylation is 2. The van der Waals surface area contributed by atoms with Crippen LogP contribution in [0.15, 0.2) is 36.7 Å². The Morgan fingerprint density at radius 1 is 1.39 bits per heavy atom. The van der Waals surface area contributed by atoms with Gasteiger partial charge < -0.3 is 10.1 Å². The van der Waals surface area contributed by atoms with Crippen molar-refractivity contribution in [3.8, 4) is 0 Å². The summed E-state index contributed by atoms with van der Waals surface area (Å²) in [4.78, 5) is 12.1. The number of aromatic nitrogens is 2. The number of ether oxygens (including phenoxy) is 1. The van der Waals surface area contributed by atoms with Gasteiger partial charge in [0.15, 0.2) is 0 Å². The zero-order valence-electron chi connectivity index (χ0n) is 13.6. The third-order valence-corrected chi connectivity index (χ3v) is 3.88. The molecule has 6 heteroatoms. The second-order valence-electron chi connectivity index (χ2n) is 5.59. The maximum absolute atomic E-state index is 12.1. The normalized spacial score (nSPS) is 13.6. The van der Waals surface area contributed by atoms with Crippen molar-refractivity contribution in [2.75, 3.05) is 7.11 Å². The van der Waals surface area contributed by atoms with E-state index in [0.717, 1.165) is 11.1 Å². The topological polar surface area (TPSA) is 56.1 Å². The van der Waals surface area contributed by atoms with Crippen LogP contribution in [0.2, 0.25) is 5.02 Å². The molecule has 23 heavy (non-hydrogen) atoms. The number of halogens is 1. The maximum atomic E-state index is 12.1. The van der Waals surface area contributed by atoms with E-state index in [1.54, 1.807) is 18.0 Å². The Hall–Kier alpha value is -1.85. The third-order valence-electron chi connectivity index (χ3n) is 3.63. The molecule has 1 amide bonds. The second-order valence-corrected chi connectivity index (χ2v) is 6.03. The van der Waals surface area contributed by atoms with Crippen LogP contribution >= 0.6 is 11.6 Å². The SMILES string of the molecule is CO[C@H](c1ccc(Cl)cc1)[C@@H](C)NC(=O)CCn1cc(C)cn1. The summed E-state index contributed by atoms with van der Waals surface area (Å²) in [6, 6.07) is 7.31. The number of rotatable bonds is 7. The van der Waals surface area contributed by atoms with E-state index in [0.29, 0.717) is 18.0 Å².